The second-order valence-electron chi connectivity index (χ2n) is 3.19. The quantitative estimate of drug-likeness (QED) is 0.781. The van der Waals surface area contributed by atoms with Crippen LogP contribution in [0.15, 0.2) is 36.8 Å². The highest BCUT2D eigenvalue weighted by Gasteiger charge is 2.01. The molecule has 3 heteroatoms. The number of rotatable bonds is 2. The second kappa shape index (κ2) is 3.54. The predicted molar refractivity (Wildman–Crippen MR) is 57.4 cm³/mol. The summed E-state index contributed by atoms with van der Waals surface area (Å²) in [6.07, 6.45) is 4.58. The van der Waals surface area contributed by atoms with Crippen LogP contribution in [0.4, 0.5) is 5.82 Å². The van der Waals surface area contributed by atoms with E-state index >= 15 is 0 Å². The topological polar surface area (TPSA) is 43.8 Å². The van der Waals surface area contributed by atoms with E-state index < -0.39 is 0 Å². The lowest BCUT2D eigenvalue weighted by Crippen LogP contribution is -1.95. The van der Waals surface area contributed by atoms with Crippen molar-refractivity contribution in [1.29, 1.82) is 0 Å². The van der Waals surface area contributed by atoms with Crippen LogP contribution in [-0.4, -0.2) is 9.55 Å². The van der Waals surface area contributed by atoms with E-state index in [2.05, 4.69) is 24.0 Å². The van der Waals surface area contributed by atoms with Crippen LogP contribution in [0.3, 0.4) is 0 Å². The molecular formula is C11H13N3. The largest absolute Gasteiger partial charge is 0.382 e. The van der Waals surface area contributed by atoms with Crippen molar-refractivity contribution in [2.24, 2.45) is 0 Å². The molecule has 0 amide bonds. The molecule has 0 aliphatic rings. The number of aryl methyl sites for hydroxylation is 1. The third kappa shape index (κ3) is 1.48. The van der Waals surface area contributed by atoms with Crippen molar-refractivity contribution >= 4 is 5.82 Å². The minimum atomic E-state index is 0.552. The van der Waals surface area contributed by atoms with Gasteiger partial charge in [0.25, 0.3) is 0 Å². The van der Waals surface area contributed by atoms with Crippen LogP contribution in [0.1, 0.15) is 12.5 Å². The van der Waals surface area contributed by atoms with Gasteiger partial charge < -0.3 is 10.3 Å². The SMILES string of the molecule is CCc1ccccc1-n1cnc(N)c1. The molecule has 72 valence electrons. The number of hydrogen-bond donors (Lipinski definition) is 1. The highest BCUT2D eigenvalue weighted by Crippen LogP contribution is 2.15. The molecule has 2 aromatic rings. The molecule has 0 unspecified atom stereocenters. The van der Waals surface area contributed by atoms with Crippen molar-refractivity contribution in [2.75, 3.05) is 5.73 Å². The van der Waals surface area contributed by atoms with Crippen molar-refractivity contribution in [3.8, 4) is 5.69 Å². The lowest BCUT2D eigenvalue weighted by Gasteiger charge is -2.07. The molecule has 2 N–H and O–H groups in total. The maximum atomic E-state index is 5.58. The van der Waals surface area contributed by atoms with Gasteiger partial charge in [0.2, 0.25) is 0 Å². The molecule has 1 aromatic heterocycles. The van der Waals surface area contributed by atoms with Crippen molar-refractivity contribution in [3.63, 3.8) is 0 Å². The fourth-order valence-electron chi connectivity index (χ4n) is 1.53. The van der Waals surface area contributed by atoms with Gasteiger partial charge in [0.1, 0.15) is 12.1 Å². The molecule has 14 heavy (non-hydrogen) atoms. The summed E-state index contributed by atoms with van der Waals surface area (Å²) in [6, 6.07) is 8.25. The van der Waals surface area contributed by atoms with Gasteiger partial charge in [-0.25, -0.2) is 4.98 Å². The molecular weight excluding hydrogens is 174 g/mol. The highest BCUT2D eigenvalue weighted by atomic mass is 15.1. The molecule has 0 radical (unpaired) electrons. The Kier molecular flexibility index (Phi) is 2.23. The summed E-state index contributed by atoms with van der Waals surface area (Å²) in [5, 5.41) is 0. The number of para-hydroxylation sites is 1. The summed E-state index contributed by atoms with van der Waals surface area (Å²) in [5.41, 5.74) is 8.02. The van der Waals surface area contributed by atoms with E-state index in [-0.39, 0.29) is 0 Å². The van der Waals surface area contributed by atoms with Gasteiger partial charge in [-0.15, -0.1) is 0 Å². The zero-order valence-electron chi connectivity index (χ0n) is 8.14. The average molecular weight is 187 g/mol. The van der Waals surface area contributed by atoms with Crippen LogP contribution >= 0.6 is 0 Å². The molecule has 0 bridgehead atoms. The van der Waals surface area contributed by atoms with Crippen molar-refractivity contribution in [3.05, 3.63) is 42.4 Å². The van der Waals surface area contributed by atoms with Crippen LogP contribution in [0, 0.1) is 0 Å². The van der Waals surface area contributed by atoms with Gasteiger partial charge >= 0.3 is 0 Å². The molecule has 1 aromatic carbocycles. The lowest BCUT2D eigenvalue weighted by atomic mass is 10.1. The molecule has 0 saturated carbocycles. The van der Waals surface area contributed by atoms with Gasteiger partial charge in [-0.3, -0.25) is 0 Å². The summed E-state index contributed by atoms with van der Waals surface area (Å²) in [6.45, 7) is 2.14. The van der Waals surface area contributed by atoms with E-state index in [4.69, 9.17) is 5.73 Å². The van der Waals surface area contributed by atoms with E-state index in [1.165, 1.54) is 5.56 Å². The van der Waals surface area contributed by atoms with E-state index in [1.807, 2.05) is 22.9 Å². The van der Waals surface area contributed by atoms with Gasteiger partial charge in [0, 0.05) is 5.69 Å². The summed E-state index contributed by atoms with van der Waals surface area (Å²) >= 11 is 0. The number of nitrogen functional groups attached to an aromatic ring is 1. The number of benzene rings is 1. The third-order valence-electron chi connectivity index (χ3n) is 2.25. The molecule has 0 aliphatic heterocycles. The summed E-state index contributed by atoms with van der Waals surface area (Å²) in [5.74, 6) is 0.552. The van der Waals surface area contributed by atoms with Crippen LogP contribution in [-0.2, 0) is 6.42 Å². The molecule has 0 atom stereocenters. The third-order valence-corrected chi connectivity index (χ3v) is 2.25. The molecule has 0 saturated heterocycles. The molecule has 2 rings (SSSR count). The Morgan fingerprint density at radius 3 is 2.79 bits per heavy atom. The standard InChI is InChI=1S/C11H13N3/c1-2-9-5-3-4-6-10(9)14-7-11(12)13-8-14/h3-8H,2,12H2,1H3. The number of imidazole rings is 1. The lowest BCUT2D eigenvalue weighted by molar-refractivity contribution is 1.00. The van der Waals surface area contributed by atoms with Gasteiger partial charge in [-0.2, -0.15) is 0 Å². The number of nitrogens with zero attached hydrogens (tertiary/aromatic N) is 2. The first-order chi connectivity index (χ1) is 6.81. The van der Waals surface area contributed by atoms with E-state index in [9.17, 15) is 0 Å². The molecule has 3 nitrogen and oxygen atoms in total. The van der Waals surface area contributed by atoms with E-state index in [0.29, 0.717) is 5.82 Å². The van der Waals surface area contributed by atoms with Gasteiger partial charge in [0.05, 0.1) is 6.20 Å². The van der Waals surface area contributed by atoms with Crippen LogP contribution in [0.2, 0.25) is 0 Å². The van der Waals surface area contributed by atoms with Gasteiger partial charge in [-0.1, -0.05) is 25.1 Å². The second-order valence-corrected chi connectivity index (χ2v) is 3.19. The zero-order valence-corrected chi connectivity index (χ0v) is 8.14. The highest BCUT2D eigenvalue weighted by molar-refractivity contribution is 5.43. The molecule has 0 spiro atoms. The van der Waals surface area contributed by atoms with Gasteiger partial charge in [0.15, 0.2) is 0 Å². The van der Waals surface area contributed by atoms with E-state index in [0.717, 1.165) is 12.1 Å². The predicted octanol–water partition coefficient (Wildman–Crippen LogP) is 2.02. The number of hydrogen-bond acceptors (Lipinski definition) is 2. The number of nitrogens with two attached hydrogens (primary N) is 1. The Balaban J connectivity index is 2.50. The number of aromatic nitrogens is 2. The maximum Gasteiger partial charge on any atom is 0.141 e. The maximum absolute atomic E-state index is 5.58. The Morgan fingerprint density at radius 1 is 1.36 bits per heavy atom. The van der Waals surface area contributed by atoms with Crippen molar-refractivity contribution in [2.45, 2.75) is 13.3 Å². The normalized spacial score (nSPS) is 10.4. The number of anilines is 1. The average Bonchev–Trinajstić information content (AvgIpc) is 2.65. The monoisotopic (exact) mass is 187 g/mol. The Labute approximate surface area is 83.2 Å². The Bertz CT molecular complexity index is 432. The summed E-state index contributed by atoms with van der Waals surface area (Å²) in [7, 11) is 0. The Hall–Kier alpha value is -1.77. The Morgan fingerprint density at radius 2 is 2.14 bits per heavy atom. The van der Waals surface area contributed by atoms with Crippen LogP contribution in [0.25, 0.3) is 5.69 Å². The van der Waals surface area contributed by atoms with Crippen LogP contribution < -0.4 is 5.73 Å². The van der Waals surface area contributed by atoms with Crippen LogP contribution in [0.5, 0.6) is 0 Å². The minimum absolute atomic E-state index is 0.552. The first kappa shape index (κ1) is 8.81. The van der Waals surface area contributed by atoms with Gasteiger partial charge in [-0.05, 0) is 18.1 Å². The fourth-order valence-corrected chi connectivity index (χ4v) is 1.53. The molecule has 0 aliphatic carbocycles. The molecule has 0 fully saturated rings. The first-order valence-electron chi connectivity index (χ1n) is 4.69. The minimum Gasteiger partial charge on any atom is -0.382 e. The van der Waals surface area contributed by atoms with Crippen molar-refractivity contribution < 1.29 is 0 Å². The smallest absolute Gasteiger partial charge is 0.141 e. The zero-order chi connectivity index (χ0) is 9.97. The van der Waals surface area contributed by atoms with E-state index in [1.54, 1.807) is 6.33 Å². The summed E-state index contributed by atoms with van der Waals surface area (Å²) in [4.78, 5) is 4.01. The van der Waals surface area contributed by atoms with Crippen molar-refractivity contribution in [1.82, 2.24) is 9.55 Å². The fraction of sp³-hybridized carbons (Fsp3) is 0.182. The first-order valence-corrected chi connectivity index (χ1v) is 4.69. The summed E-state index contributed by atoms with van der Waals surface area (Å²) < 4.78 is 1.95. The molecule has 1 heterocycles.